The summed E-state index contributed by atoms with van der Waals surface area (Å²) >= 11 is 6.11. The van der Waals surface area contributed by atoms with Gasteiger partial charge < -0.3 is 9.47 Å². The van der Waals surface area contributed by atoms with Gasteiger partial charge in [0.2, 0.25) is 0 Å². The molecular formula is C12H12ClNO2. The molecule has 0 N–H and O–H groups in total. The molecule has 1 aromatic rings. The Morgan fingerprint density at radius 1 is 1.38 bits per heavy atom. The molecule has 0 bridgehead atoms. The predicted molar refractivity (Wildman–Crippen MR) is 61.1 cm³/mol. The molecule has 2 rings (SSSR count). The van der Waals surface area contributed by atoms with Gasteiger partial charge in [0, 0.05) is 6.42 Å². The van der Waals surface area contributed by atoms with Gasteiger partial charge in [0.1, 0.15) is 0 Å². The number of nitriles is 1. The smallest absolute Gasteiger partial charge is 0.179 e. The zero-order chi connectivity index (χ0) is 11.5. The topological polar surface area (TPSA) is 42.2 Å². The number of fused-ring (bicyclic) bond motifs is 1. The molecule has 0 aromatic heterocycles. The van der Waals surface area contributed by atoms with Crippen molar-refractivity contribution < 1.29 is 9.47 Å². The van der Waals surface area contributed by atoms with Crippen LogP contribution < -0.4 is 9.47 Å². The molecule has 4 heteroatoms. The van der Waals surface area contributed by atoms with Crippen molar-refractivity contribution >= 4 is 11.6 Å². The molecule has 0 amide bonds. The molecule has 0 fully saturated rings. The van der Waals surface area contributed by atoms with Crippen LogP contribution in [0.3, 0.4) is 0 Å². The third-order valence-corrected chi connectivity index (χ3v) is 2.80. The third kappa shape index (κ3) is 2.07. The Hall–Kier alpha value is -1.40. The fourth-order valence-electron chi connectivity index (χ4n) is 1.58. The first-order valence-electron chi connectivity index (χ1n) is 5.21. The lowest BCUT2D eigenvalue weighted by molar-refractivity contribution is 0.297. The second-order valence-corrected chi connectivity index (χ2v) is 4.14. The van der Waals surface area contributed by atoms with Gasteiger partial charge in [0.15, 0.2) is 11.5 Å². The van der Waals surface area contributed by atoms with Crippen LogP contribution in [0.1, 0.15) is 24.8 Å². The summed E-state index contributed by atoms with van der Waals surface area (Å²) in [6, 6.07) is 5.78. The molecule has 1 aliphatic heterocycles. The summed E-state index contributed by atoms with van der Waals surface area (Å²) in [4.78, 5) is 0. The summed E-state index contributed by atoms with van der Waals surface area (Å²) in [5.41, 5.74) is 0.858. The highest BCUT2D eigenvalue weighted by Gasteiger charge is 2.17. The van der Waals surface area contributed by atoms with E-state index in [1.165, 1.54) is 0 Å². The first-order valence-corrected chi connectivity index (χ1v) is 5.59. The van der Waals surface area contributed by atoms with Gasteiger partial charge in [-0.2, -0.15) is 5.26 Å². The quantitative estimate of drug-likeness (QED) is 0.754. The normalized spacial score (nSPS) is 16.1. The highest BCUT2D eigenvalue weighted by Crippen LogP contribution is 2.39. The maximum Gasteiger partial charge on any atom is 0.179 e. The van der Waals surface area contributed by atoms with Crippen LogP contribution in [0.4, 0.5) is 0 Å². The van der Waals surface area contributed by atoms with Gasteiger partial charge in [-0.3, -0.25) is 0 Å². The zero-order valence-corrected chi connectivity index (χ0v) is 9.75. The average molecular weight is 238 g/mol. The zero-order valence-electron chi connectivity index (χ0n) is 9.00. The summed E-state index contributed by atoms with van der Waals surface area (Å²) in [6.45, 7) is 3.06. The SMILES string of the molecule is CC(C#N)c1cc(Cl)c2c(c1)OCCCO2. The Bertz CT molecular complexity index is 439. The van der Waals surface area contributed by atoms with Crippen LogP contribution in [0.15, 0.2) is 12.1 Å². The molecule has 0 spiro atoms. The van der Waals surface area contributed by atoms with Crippen LogP contribution >= 0.6 is 11.6 Å². The van der Waals surface area contributed by atoms with Crippen LogP contribution in [0.2, 0.25) is 5.02 Å². The number of halogens is 1. The Morgan fingerprint density at radius 3 is 2.88 bits per heavy atom. The first kappa shape index (κ1) is 11.1. The van der Waals surface area contributed by atoms with Crippen LogP contribution in [0.5, 0.6) is 11.5 Å². The second kappa shape index (κ2) is 4.63. The molecule has 1 atom stereocenters. The minimum absolute atomic E-state index is 0.199. The molecule has 1 heterocycles. The van der Waals surface area contributed by atoms with E-state index < -0.39 is 0 Å². The standard InChI is InChI=1S/C12H12ClNO2/c1-8(7-14)9-5-10(13)12-11(6-9)15-3-2-4-16-12/h5-6,8H,2-4H2,1H3. The van der Waals surface area contributed by atoms with Crippen LogP contribution in [0, 0.1) is 11.3 Å². The van der Waals surface area contributed by atoms with E-state index in [0.29, 0.717) is 29.7 Å². The summed E-state index contributed by atoms with van der Waals surface area (Å²) < 4.78 is 11.1. The fourth-order valence-corrected chi connectivity index (χ4v) is 1.85. The number of hydrogen-bond acceptors (Lipinski definition) is 3. The van der Waals surface area contributed by atoms with Gasteiger partial charge in [-0.05, 0) is 24.6 Å². The summed E-state index contributed by atoms with van der Waals surface area (Å²) in [5, 5.41) is 9.38. The van der Waals surface area contributed by atoms with Gasteiger partial charge in [-0.15, -0.1) is 0 Å². The van der Waals surface area contributed by atoms with Gasteiger partial charge in [0.05, 0.1) is 30.2 Å². The monoisotopic (exact) mass is 237 g/mol. The number of benzene rings is 1. The molecule has 1 unspecified atom stereocenters. The lowest BCUT2D eigenvalue weighted by atomic mass is 10.0. The molecule has 3 nitrogen and oxygen atoms in total. The van der Waals surface area contributed by atoms with Crippen molar-refractivity contribution in [1.82, 2.24) is 0 Å². The molecule has 0 radical (unpaired) electrons. The van der Waals surface area contributed by atoms with E-state index in [1.807, 2.05) is 13.0 Å². The van der Waals surface area contributed by atoms with Crippen molar-refractivity contribution in [2.75, 3.05) is 13.2 Å². The molecule has 0 saturated heterocycles. The van der Waals surface area contributed by atoms with Crippen molar-refractivity contribution in [2.45, 2.75) is 19.3 Å². The van der Waals surface area contributed by atoms with Crippen molar-refractivity contribution in [2.24, 2.45) is 0 Å². The van der Waals surface area contributed by atoms with E-state index in [9.17, 15) is 0 Å². The molecule has 84 valence electrons. The maximum absolute atomic E-state index is 8.87. The van der Waals surface area contributed by atoms with Gasteiger partial charge in [-0.25, -0.2) is 0 Å². The maximum atomic E-state index is 8.87. The minimum atomic E-state index is -0.199. The Labute approximate surface area is 99.5 Å². The number of rotatable bonds is 1. The van der Waals surface area contributed by atoms with Crippen LogP contribution in [-0.4, -0.2) is 13.2 Å². The van der Waals surface area contributed by atoms with E-state index in [4.69, 9.17) is 26.3 Å². The van der Waals surface area contributed by atoms with E-state index in [-0.39, 0.29) is 5.92 Å². The number of nitrogens with zero attached hydrogens (tertiary/aromatic N) is 1. The molecule has 1 aliphatic rings. The van der Waals surface area contributed by atoms with Gasteiger partial charge >= 0.3 is 0 Å². The lowest BCUT2D eigenvalue weighted by Gasteiger charge is -2.12. The van der Waals surface area contributed by atoms with Crippen molar-refractivity contribution in [3.05, 3.63) is 22.7 Å². The first-order chi connectivity index (χ1) is 7.72. The third-order valence-electron chi connectivity index (χ3n) is 2.52. The van der Waals surface area contributed by atoms with Crippen LogP contribution in [-0.2, 0) is 0 Å². The summed E-state index contributed by atoms with van der Waals surface area (Å²) in [6.07, 6.45) is 0.841. The lowest BCUT2D eigenvalue weighted by Crippen LogP contribution is -1.97. The van der Waals surface area contributed by atoms with E-state index in [2.05, 4.69) is 6.07 Å². The minimum Gasteiger partial charge on any atom is -0.489 e. The molecule has 16 heavy (non-hydrogen) atoms. The largest absolute Gasteiger partial charge is 0.489 e. The van der Waals surface area contributed by atoms with E-state index >= 15 is 0 Å². The summed E-state index contributed by atoms with van der Waals surface area (Å²) in [5.74, 6) is 1.03. The van der Waals surface area contributed by atoms with Crippen molar-refractivity contribution in [3.63, 3.8) is 0 Å². The van der Waals surface area contributed by atoms with Crippen molar-refractivity contribution in [1.29, 1.82) is 5.26 Å². The second-order valence-electron chi connectivity index (χ2n) is 3.73. The number of ether oxygens (including phenoxy) is 2. The Balaban J connectivity index is 2.44. The van der Waals surface area contributed by atoms with E-state index in [1.54, 1.807) is 6.07 Å². The Kier molecular flexibility index (Phi) is 3.21. The van der Waals surface area contributed by atoms with Crippen LogP contribution in [0.25, 0.3) is 0 Å². The van der Waals surface area contributed by atoms with E-state index in [0.717, 1.165) is 12.0 Å². The summed E-state index contributed by atoms with van der Waals surface area (Å²) in [7, 11) is 0. The van der Waals surface area contributed by atoms with Gasteiger partial charge in [-0.1, -0.05) is 11.6 Å². The average Bonchev–Trinajstić information content (AvgIpc) is 2.53. The molecule has 0 saturated carbocycles. The Morgan fingerprint density at radius 2 is 2.12 bits per heavy atom. The van der Waals surface area contributed by atoms with Crippen molar-refractivity contribution in [3.8, 4) is 17.6 Å². The highest BCUT2D eigenvalue weighted by molar-refractivity contribution is 6.32. The molecule has 1 aromatic carbocycles. The predicted octanol–water partition coefficient (Wildman–Crippen LogP) is 3.13. The fraction of sp³-hybridized carbons (Fsp3) is 0.417. The number of hydrogen-bond donors (Lipinski definition) is 0. The molecule has 0 aliphatic carbocycles. The molecular weight excluding hydrogens is 226 g/mol. The van der Waals surface area contributed by atoms with Gasteiger partial charge in [0.25, 0.3) is 0 Å². The highest BCUT2D eigenvalue weighted by atomic mass is 35.5.